The van der Waals surface area contributed by atoms with E-state index >= 15 is 0 Å². The first kappa shape index (κ1) is 41.6. The van der Waals surface area contributed by atoms with Gasteiger partial charge in [-0.1, -0.05) is 91.0 Å². The third-order valence-corrected chi connectivity index (χ3v) is 8.57. The maximum Gasteiger partial charge on any atom is 0.413 e. The minimum Gasteiger partial charge on any atom is -0.459 e. The maximum absolute atomic E-state index is 13.2. The fourth-order valence-corrected chi connectivity index (χ4v) is 5.85. The van der Waals surface area contributed by atoms with E-state index < -0.39 is 48.4 Å². The summed E-state index contributed by atoms with van der Waals surface area (Å²) in [4.78, 5) is 47.9. The fraction of sp³-hybridized carbons (Fsp3) is 0.390. The van der Waals surface area contributed by atoms with E-state index in [-0.39, 0.29) is 57.2 Å². The van der Waals surface area contributed by atoms with Gasteiger partial charge >= 0.3 is 18.2 Å². The topological polar surface area (TPSA) is 192 Å². The third kappa shape index (κ3) is 13.6. The van der Waals surface area contributed by atoms with E-state index in [0.29, 0.717) is 12.8 Å². The molecule has 0 saturated carbocycles. The number of aliphatic hydroxyl groups is 2. The average Bonchev–Trinajstić information content (AvgIpc) is 3.60. The van der Waals surface area contributed by atoms with Crippen molar-refractivity contribution < 1.29 is 48.3 Å². The summed E-state index contributed by atoms with van der Waals surface area (Å²) in [6.07, 6.45) is -0.358. The molecule has 0 bridgehead atoms. The van der Waals surface area contributed by atoms with Gasteiger partial charge in [0.1, 0.15) is 44.0 Å². The van der Waals surface area contributed by atoms with Gasteiger partial charge in [-0.25, -0.2) is 14.4 Å². The third-order valence-electron chi connectivity index (χ3n) is 8.57. The van der Waals surface area contributed by atoms with Gasteiger partial charge in [0.15, 0.2) is 5.79 Å². The van der Waals surface area contributed by atoms with E-state index in [0.717, 1.165) is 16.7 Å². The summed E-state index contributed by atoms with van der Waals surface area (Å²) in [5.74, 6) is -1.88. The Kier molecular flexibility index (Phi) is 15.5. The Morgan fingerprint density at radius 2 is 1.43 bits per heavy atom. The van der Waals surface area contributed by atoms with Crippen LogP contribution in [0.1, 0.15) is 62.4 Å². The number of aromatic nitrogens is 2. The van der Waals surface area contributed by atoms with Crippen molar-refractivity contribution in [2.45, 2.75) is 89.6 Å². The number of nitrogens with zero attached hydrogens (tertiary/aromatic N) is 3. The number of unbranched alkanes of at least 4 members (excludes halogenated alkanes) is 1. The highest BCUT2D eigenvalue weighted by Gasteiger charge is 2.39. The zero-order chi connectivity index (χ0) is 39.8. The molecule has 1 fully saturated rings. The monoisotopic (exact) mass is 771 g/mol. The minimum absolute atomic E-state index is 0.0391. The summed E-state index contributed by atoms with van der Waals surface area (Å²) >= 11 is 0. The summed E-state index contributed by atoms with van der Waals surface area (Å²) in [6.45, 7) is 3.06. The average molecular weight is 772 g/mol. The highest BCUT2D eigenvalue weighted by atomic mass is 16.7. The van der Waals surface area contributed by atoms with Crippen LogP contribution >= 0.6 is 0 Å². The van der Waals surface area contributed by atoms with Gasteiger partial charge < -0.3 is 39.2 Å². The van der Waals surface area contributed by atoms with E-state index in [9.17, 15) is 24.6 Å². The molecule has 0 spiro atoms. The zero-order valence-corrected chi connectivity index (χ0v) is 31.5. The number of alkyl carbamates (subject to hydrolysis) is 1. The predicted molar refractivity (Wildman–Crippen MR) is 203 cm³/mol. The standard InChI is InChI=1S/C41H49N5O10/c1-41(2,51)56-33-24-36(55-34(33)25-47)46-23-21-35(45-40(50)54-28-31-18-10-5-11-19-31)44-38(46)42-22-13-12-20-32(37(48)52-26-29-14-6-3-7-15-29)43-39(49)53-27-30-16-8-4-9-17-30/h3-11,14-19,21,23,32-34,36,47,51H,12-13,20,22,24-28H2,1-2H3,(H,43,49)(H,42,44,45,50)/t32-,33?,34+,36+/m0/s1. The Bertz CT molecular complexity index is 1900. The molecule has 0 radical (unpaired) electrons. The van der Waals surface area contributed by atoms with E-state index in [1.165, 1.54) is 13.8 Å². The molecule has 1 unspecified atom stereocenters. The van der Waals surface area contributed by atoms with Crippen LogP contribution in [0, 0.1) is 0 Å². The van der Waals surface area contributed by atoms with Gasteiger partial charge in [-0.05, 0) is 55.9 Å². The highest BCUT2D eigenvalue weighted by molar-refractivity contribution is 5.83. The number of benzene rings is 3. The molecule has 15 heteroatoms. The van der Waals surface area contributed by atoms with Crippen LogP contribution in [0.25, 0.3) is 0 Å². The Morgan fingerprint density at radius 1 is 0.857 bits per heavy atom. The molecule has 56 heavy (non-hydrogen) atoms. The maximum atomic E-state index is 13.2. The smallest absolute Gasteiger partial charge is 0.413 e. The second-order valence-corrected chi connectivity index (χ2v) is 13.6. The van der Waals surface area contributed by atoms with Crippen LogP contribution in [0.3, 0.4) is 0 Å². The van der Waals surface area contributed by atoms with Gasteiger partial charge in [0.2, 0.25) is 5.62 Å². The number of aliphatic hydroxyl groups excluding tert-OH is 1. The molecule has 2 amide bonds. The number of carbonyl (C=O) groups is 3. The number of hydrogen-bond donors (Lipinski definition) is 4. The molecule has 5 rings (SSSR count). The SMILES string of the molecule is CC(C)(O)OC1C[C@H](n2ccc(NC(=O)OCc3ccccc3)n/c2=N\CCCC[C@H](NC(=O)OCc2ccccc2)C(=O)OCc2ccccc2)O[C@@H]1CO. The van der Waals surface area contributed by atoms with Crippen molar-refractivity contribution in [3.63, 3.8) is 0 Å². The number of amides is 2. The molecule has 4 aromatic rings. The van der Waals surface area contributed by atoms with Crippen molar-refractivity contribution in [3.8, 4) is 0 Å². The lowest BCUT2D eigenvalue weighted by Crippen LogP contribution is -2.42. The molecule has 298 valence electrons. The molecule has 0 aliphatic carbocycles. The zero-order valence-electron chi connectivity index (χ0n) is 31.5. The minimum atomic E-state index is -1.46. The molecule has 4 N–H and O–H groups in total. The van der Waals surface area contributed by atoms with Crippen molar-refractivity contribution in [1.82, 2.24) is 14.9 Å². The van der Waals surface area contributed by atoms with Crippen LogP contribution in [0.2, 0.25) is 0 Å². The van der Waals surface area contributed by atoms with Gasteiger partial charge in [0.25, 0.3) is 0 Å². The first-order valence-electron chi connectivity index (χ1n) is 18.5. The Hall–Kier alpha value is -5.61. The molecule has 4 atom stereocenters. The number of nitrogens with one attached hydrogen (secondary N) is 2. The van der Waals surface area contributed by atoms with E-state index in [1.54, 1.807) is 16.8 Å². The Morgan fingerprint density at radius 3 is 2.00 bits per heavy atom. The number of anilines is 1. The molecule has 1 aliphatic rings. The number of esters is 1. The van der Waals surface area contributed by atoms with Crippen molar-refractivity contribution >= 4 is 24.0 Å². The van der Waals surface area contributed by atoms with E-state index in [2.05, 4.69) is 15.6 Å². The van der Waals surface area contributed by atoms with E-state index in [1.807, 2.05) is 91.0 Å². The molecular weight excluding hydrogens is 722 g/mol. The largest absolute Gasteiger partial charge is 0.459 e. The molecule has 3 aromatic carbocycles. The number of rotatable bonds is 18. The first-order chi connectivity index (χ1) is 27.1. The summed E-state index contributed by atoms with van der Waals surface area (Å²) in [5, 5.41) is 25.6. The summed E-state index contributed by atoms with van der Waals surface area (Å²) in [5.41, 5.74) is 2.64. The fourth-order valence-electron chi connectivity index (χ4n) is 5.85. The molecule has 15 nitrogen and oxygen atoms in total. The summed E-state index contributed by atoms with van der Waals surface area (Å²) in [6, 6.07) is 28.3. The number of ether oxygens (including phenoxy) is 5. The molecule has 1 aromatic heterocycles. The second kappa shape index (κ2) is 20.9. The van der Waals surface area contributed by atoms with Crippen molar-refractivity contribution in [1.29, 1.82) is 0 Å². The normalized spacial score (nSPS) is 17.5. The number of hydrogen-bond acceptors (Lipinski definition) is 12. The second-order valence-electron chi connectivity index (χ2n) is 13.6. The van der Waals surface area contributed by atoms with Crippen LogP contribution in [0.4, 0.5) is 15.4 Å². The van der Waals surface area contributed by atoms with Crippen LogP contribution in [-0.2, 0) is 48.3 Å². The van der Waals surface area contributed by atoms with Gasteiger partial charge in [0, 0.05) is 19.2 Å². The molecule has 1 aliphatic heterocycles. The molecular formula is C41H49N5O10. The van der Waals surface area contributed by atoms with Gasteiger partial charge in [-0.15, -0.1) is 0 Å². The van der Waals surface area contributed by atoms with Crippen LogP contribution < -0.4 is 16.3 Å². The lowest BCUT2D eigenvalue weighted by molar-refractivity contribution is -0.216. The van der Waals surface area contributed by atoms with Gasteiger partial charge in [0.05, 0.1) is 12.7 Å². The lowest BCUT2D eigenvalue weighted by Gasteiger charge is -2.25. The molecule has 2 heterocycles. The van der Waals surface area contributed by atoms with Gasteiger partial charge in [-0.3, -0.25) is 14.9 Å². The quantitative estimate of drug-likeness (QED) is 0.0454. The van der Waals surface area contributed by atoms with Crippen LogP contribution in [0.15, 0.2) is 108 Å². The van der Waals surface area contributed by atoms with Gasteiger partial charge in [-0.2, -0.15) is 4.98 Å². The van der Waals surface area contributed by atoms with Crippen molar-refractivity contribution in [2.75, 3.05) is 18.5 Å². The lowest BCUT2D eigenvalue weighted by atomic mass is 10.1. The summed E-state index contributed by atoms with van der Waals surface area (Å²) in [7, 11) is 0. The van der Waals surface area contributed by atoms with E-state index in [4.69, 9.17) is 28.7 Å². The predicted octanol–water partition coefficient (Wildman–Crippen LogP) is 5.13. The molecule has 1 saturated heterocycles. The number of carbonyl (C=O) groups excluding carboxylic acids is 3. The Labute approximate surface area is 325 Å². The van der Waals surface area contributed by atoms with Crippen molar-refractivity contribution in [2.24, 2.45) is 4.99 Å². The highest BCUT2D eigenvalue weighted by Crippen LogP contribution is 2.32. The summed E-state index contributed by atoms with van der Waals surface area (Å²) < 4.78 is 29.8. The first-order valence-corrected chi connectivity index (χ1v) is 18.5. The Balaban J connectivity index is 1.26. The van der Waals surface area contributed by atoms with Crippen molar-refractivity contribution in [3.05, 3.63) is 126 Å². The van der Waals surface area contributed by atoms with Crippen LogP contribution in [0.5, 0.6) is 0 Å². The van der Waals surface area contributed by atoms with Crippen LogP contribution in [-0.4, -0.2) is 75.1 Å².